The second-order valence-electron chi connectivity index (χ2n) is 5.53. The molecular weight excluding hydrogens is 288 g/mol. The van der Waals surface area contributed by atoms with Crippen molar-refractivity contribution in [2.75, 3.05) is 0 Å². The van der Waals surface area contributed by atoms with Crippen LogP contribution in [-0.2, 0) is 9.53 Å². The monoisotopic (exact) mass is 308 g/mol. The Hall–Kier alpha value is -2.64. The van der Waals surface area contributed by atoms with Crippen molar-refractivity contribution in [1.82, 2.24) is 21.2 Å². The van der Waals surface area contributed by atoms with Gasteiger partial charge in [0.1, 0.15) is 17.3 Å². The van der Waals surface area contributed by atoms with Crippen LogP contribution < -0.4 is 16.2 Å². The third-order valence-electron chi connectivity index (χ3n) is 2.32. The van der Waals surface area contributed by atoms with Crippen molar-refractivity contribution >= 4 is 17.9 Å². The van der Waals surface area contributed by atoms with E-state index in [0.29, 0.717) is 0 Å². The van der Waals surface area contributed by atoms with Gasteiger partial charge in [0.25, 0.3) is 11.8 Å². The van der Waals surface area contributed by atoms with Crippen molar-refractivity contribution in [3.05, 3.63) is 30.1 Å². The van der Waals surface area contributed by atoms with Gasteiger partial charge in [-0.2, -0.15) is 0 Å². The molecule has 0 radical (unpaired) electrons. The Kier molecular flexibility index (Phi) is 5.85. The number of pyridine rings is 1. The van der Waals surface area contributed by atoms with E-state index in [2.05, 4.69) is 21.2 Å². The highest BCUT2D eigenvalue weighted by atomic mass is 16.6. The molecule has 0 aliphatic carbocycles. The molecular formula is C14H20N4O4. The van der Waals surface area contributed by atoms with Crippen molar-refractivity contribution in [1.29, 1.82) is 0 Å². The van der Waals surface area contributed by atoms with E-state index in [1.165, 1.54) is 19.2 Å². The molecule has 0 unspecified atom stereocenters. The number of aromatic nitrogens is 1. The van der Waals surface area contributed by atoms with Crippen LogP contribution >= 0.6 is 0 Å². The number of nitrogens with zero attached hydrogens (tertiary/aromatic N) is 1. The molecule has 3 N–H and O–H groups in total. The Morgan fingerprint density at radius 3 is 2.41 bits per heavy atom. The molecule has 120 valence electrons. The van der Waals surface area contributed by atoms with Crippen molar-refractivity contribution in [2.45, 2.75) is 39.3 Å². The van der Waals surface area contributed by atoms with Gasteiger partial charge in [0, 0.05) is 6.20 Å². The van der Waals surface area contributed by atoms with Gasteiger partial charge in [0.2, 0.25) is 0 Å². The fourth-order valence-electron chi connectivity index (χ4n) is 1.34. The van der Waals surface area contributed by atoms with E-state index < -0.39 is 29.6 Å². The molecule has 0 aromatic carbocycles. The molecule has 0 aliphatic rings. The van der Waals surface area contributed by atoms with Gasteiger partial charge in [-0.3, -0.25) is 25.4 Å². The van der Waals surface area contributed by atoms with Crippen LogP contribution in [0.1, 0.15) is 38.2 Å². The third kappa shape index (κ3) is 6.21. The molecule has 8 heteroatoms. The number of hydrogen-bond donors (Lipinski definition) is 3. The van der Waals surface area contributed by atoms with Crippen LogP contribution in [0.25, 0.3) is 0 Å². The number of ether oxygens (including phenoxy) is 1. The van der Waals surface area contributed by atoms with Crippen molar-refractivity contribution in [3.8, 4) is 0 Å². The molecule has 22 heavy (non-hydrogen) atoms. The first kappa shape index (κ1) is 17.4. The van der Waals surface area contributed by atoms with Crippen LogP contribution in [0.4, 0.5) is 4.79 Å². The maximum absolute atomic E-state index is 11.8. The molecule has 0 bridgehead atoms. The molecule has 1 aromatic rings. The van der Waals surface area contributed by atoms with E-state index in [1.54, 1.807) is 32.9 Å². The number of rotatable bonds is 3. The molecule has 3 amide bonds. The summed E-state index contributed by atoms with van der Waals surface area (Å²) in [6.07, 6.45) is 0.745. The van der Waals surface area contributed by atoms with Crippen LogP contribution in [0.2, 0.25) is 0 Å². The number of alkyl carbamates (subject to hydrolysis) is 1. The van der Waals surface area contributed by atoms with Crippen LogP contribution in [-0.4, -0.2) is 34.5 Å². The van der Waals surface area contributed by atoms with Crippen LogP contribution in [0.15, 0.2) is 24.4 Å². The number of amides is 3. The summed E-state index contributed by atoms with van der Waals surface area (Å²) in [5.74, 6) is -1.14. The molecule has 8 nitrogen and oxygen atoms in total. The summed E-state index contributed by atoms with van der Waals surface area (Å²) in [6.45, 7) is 6.60. The summed E-state index contributed by atoms with van der Waals surface area (Å²) in [6, 6.07) is 3.95. The van der Waals surface area contributed by atoms with Gasteiger partial charge in [-0.05, 0) is 39.8 Å². The highest BCUT2D eigenvalue weighted by molar-refractivity contribution is 5.94. The Labute approximate surface area is 128 Å². The summed E-state index contributed by atoms with van der Waals surface area (Å²) in [5, 5.41) is 2.36. The maximum atomic E-state index is 11.8. The Bertz CT molecular complexity index is 540. The van der Waals surface area contributed by atoms with Gasteiger partial charge < -0.3 is 10.1 Å². The maximum Gasteiger partial charge on any atom is 0.408 e. The highest BCUT2D eigenvalue weighted by Crippen LogP contribution is 2.06. The fourth-order valence-corrected chi connectivity index (χ4v) is 1.34. The first-order valence-corrected chi connectivity index (χ1v) is 6.70. The number of carbonyl (C=O) groups is 3. The predicted molar refractivity (Wildman–Crippen MR) is 78.7 cm³/mol. The first-order chi connectivity index (χ1) is 10.2. The smallest absolute Gasteiger partial charge is 0.408 e. The van der Waals surface area contributed by atoms with Crippen LogP contribution in [0.5, 0.6) is 0 Å². The van der Waals surface area contributed by atoms with Crippen molar-refractivity contribution in [2.24, 2.45) is 0 Å². The average Bonchev–Trinajstić information content (AvgIpc) is 2.43. The minimum atomic E-state index is -0.876. The van der Waals surface area contributed by atoms with E-state index in [4.69, 9.17) is 4.74 Å². The zero-order valence-electron chi connectivity index (χ0n) is 13.0. The molecule has 0 aliphatic heterocycles. The predicted octanol–water partition coefficient (Wildman–Crippen LogP) is 0.756. The number of nitrogens with one attached hydrogen (secondary N) is 3. The number of carbonyl (C=O) groups excluding carboxylic acids is 3. The molecule has 0 spiro atoms. The van der Waals surface area contributed by atoms with Gasteiger partial charge in [0.15, 0.2) is 0 Å². The van der Waals surface area contributed by atoms with E-state index >= 15 is 0 Å². The molecule has 1 heterocycles. The lowest BCUT2D eigenvalue weighted by atomic mass is 10.2. The minimum Gasteiger partial charge on any atom is -0.444 e. The highest BCUT2D eigenvalue weighted by Gasteiger charge is 2.21. The van der Waals surface area contributed by atoms with Crippen LogP contribution in [0.3, 0.4) is 0 Å². The van der Waals surface area contributed by atoms with E-state index in [0.717, 1.165) is 0 Å². The largest absolute Gasteiger partial charge is 0.444 e. The lowest BCUT2D eigenvalue weighted by Crippen LogP contribution is -2.51. The van der Waals surface area contributed by atoms with Crippen LogP contribution in [0, 0.1) is 0 Å². The van der Waals surface area contributed by atoms with Gasteiger partial charge >= 0.3 is 6.09 Å². The average molecular weight is 308 g/mol. The Morgan fingerprint density at radius 2 is 1.86 bits per heavy atom. The van der Waals surface area contributed by atoms with Gasteiger partial charge in [0.05, 0.1) is 0 Å². The second-order valence-corrected chi connectivity index (χ2v) is 5.53. The van der Waals surface area contributed by atoms with Crippen molar-refractivity contribution in [3.63, 3.8) is 0 Å². The summed E-state index contributed by atoms with van der Waals surface area (Å²) in [7, 11) is 0. The minimum absolute atomic E-state index is 0.163. The normalized spacial score (nSPS) is 12.0. The number of hydrogen-bond acceptors (Lipinski definition) is 5. The summed E-state index contributed by atoms with van der Waals surface area (Å²) >= 11 is 0. The quantitative estimate of drug-likeness (QED) is 0.714. The second kappa shape index (κ2) is 7.39. The summed E-state index contributed by atoms with van der Waals surface area (Å²) < 4.78 is 5.03. The molecule has 1 aromatic heterocycles. The zero-order chi connectivity index (χ0) is 16.8. The van der Waals surface area contributed by atoms with Gasteiger partial charge in [-0.1, -0.05) is 6.07 Å². The molecule has 0 saturated carbocycles. The molecule has 0 saturated heterocycles. The first-order valence-electron chi connectivity index (χ1n) is 6.70. The standard InChI is InChI=1S/C14H20N4O4/c1-9(16-13(21)22-14(2,3)4)11(19)17-18-12(20)10-7-5-6-8-15-10/h5-9H,1-4H3,(H,16,21)(H,17,19)(H,18,20)/t9-/m0/s1. The zero-order valence-corrected chi connectivity index (χ0v) is 13.0. The third-order valence-corrected chi connectivity index (χ3v) is 2.32. The molecule has 1 rings (SSSR count). The van der Waals surface area contributed by atoms with E-state index in [1.807, 2.05) is 0 Å². The van der Waals surface area contributed by atoms with Gasteiger partial charge in [-0.15, -0.1) is 0 Å². The Morgan fingerprint density at radius 1 is 1.18 bits per heavy atom. The van der Waals surface area contributed by atoms with E-state index in [9.17, 15) is 14.4 Å². The Balaban J connectivity index is 2.42. The number of hydrazine groups is 1. The lowest BCUT2D eigenvalue weighted by molar-refractivity contribution is -0.123. The topological polar surface area (TPSA) is 109 Å². The fraction of sp³-hybridized carbons (Fsp3) is 0.429. The lowest BCUT2D eigenvalue weighted by Gasteiger charge is -2.21. The van der Waals surface area contributed by atoms with Gasteiger partial charge in [-0.25, -0.2) is 4.79 Å². The molecule has 0 fully saturated rings. The summed E-state index contributed by atoms with van der Waals surface area (Å²) in [5.41, 5.74) is 3.91. The summed E-state index contributed by atoms with van der Waals surface area (Å²) in [4.78, 5) is 38.8. The molecule has 1 atom stereocenters. The SMILES string of the molecule is C[C@H](NC(=O)OC(C)(C)C)C(=O)NNC(=O)c1ccccn1. The van der Waals surface area contributed by atoms with E-state index in [-0.39, 0.29) is 5.69 Å². The van der Waals surface area contributed by atoms with Crippen molar-refractivity contribution < 1.29 is 19.1 Å².